The van der Waals surface area contributed by atoms with E-state index in [-0.39, 0.29) is 5.82 Å². The van der Waals surface area contributed by atoms with Crippen LogP contribution in [-0.4, -0.2) is 24.8 Å². The van der Waals surface area contributed by atoms with Gasteiger partial charge in [-0.15, -0.1) is 0 Å². The Kier molecular flexibility index (Phi) is 6.51. The van der Waals surface area contributed by atoms with Crippen molar-refractivity contribution in [1.29, 1.82) is 0 Å². The van der Waals surface area contributed by atoms with Crippen molar-refractivity contribution in [3.63, 3.8) is 0 Å². The fourth-order valence-electron chi connectivity index (χ4n) is 1.45. The second kappa shape index (κ2) is 7.66. The van der Waals surface area contributed by atoms with Crippen LogP contribution in [0.1, 0.15) is 27.2 Å². The molecule has 0 unspecified atom stereocenters. The lowest BCUT2D eigenvalue weighted by Gasteiger charge is -2.19. The van der Waals surface area contributed by atoms with Crippen LogP contribution in [0.25, 0.3) is 0 Å². The molecule has 1 rings (SSSR count). The fourth-order valence-corrected chi connectivity index (χ4v) is 2.12. The molecule has 20 heavy (non-hydrogen) atoms. The molecule has 0 spiro atoms. The summed E-state index contributed by atoms with van der Waals surface area (Å²) in [6, 6.07) is 4.60. The smallest absolute Gasteiger partial charge is 0.407 e. The van der Waals surface area contributed by atoms with Gasteiger partial charge in [-0.05, 0) is 68.0 Å². The van der Waals surface area contributed by atoms with Crippen molar-refractivity contribution in [1.82, 2.24) is 5.32 Å². The van der Waals surface area contributed by atoms with Gasteiger partial charge in [0.2, 0.25) is 0 Å². The summed E-state index contributed by atoms with van der Waals surface area (Å²) < 4.78 is 18.9. The van der Waals surface area contributed by atoms with Crippen molar-refractivity contribution < 1.29 is 13.9 Å². The molecule has 6 heteroatoms. The van der Waals surface area contributed by atoms with Gasteiger partial charge in [0.15, 0.2) is 0 Å². The number of carbonyl (C=O) groups is 1. The van der Waals surface area contributed by atoms with Crippen LogP contribution >= 0.6 is 22.6 Å². The van der Waals surface area contributed by atoms with Crippen molar-refractivity contribution in [2.24, 2.45) is 0 Å². The predicted octanol–water partition coefficient (Wildman–Crippen LogP) is 3.76. The van der Waals surface area contributed by atoms with Gasteiger partial charge in [0.05, 0.1) is 0 Å². The Balaban J connectivity index is 2.21. The number of ether oxygens (including phenoxy) is 1. The zero-order valence-electron chi connectivity index (χ0n) is 11.9. The molecule has 0 aliphatic heterocycles. The predicted molar refractivity (Wildman–Crippen MR) is 86.5 cm³/mol. The number of nitrogens with one attached hydrogen (secondary N) is 2. The van der Waals surface area contributed by atoms with Gasteiger partial charge in [-0.1, -0.05) is 0 Å². The molecule has 112 valence electrons. The van der Waals surface area contributed by atoms with E-state index < -0.39 is 11.7 Å². The first-order chi connectivity index (χ1) is 9.28. The topological polar surface area (TPSA) is 50.4 Å². The van der Waals surface area contributed by atoms with Gasteiger partial charge in [-0.2, -0.15) is 0 Å². The number of amides is 1. The molecule has 1 amide bonds. The highest BCUT2D eigenvalue weighted by Gasteiger charge is 2.15. The average molecular weight is 394 g/mol. The maximum absolute atomic E-state index is 12.9. The molecule has 0 saturated heterocycles. The molecular weight excluding hydrogens is 374 g/mol. The summed E-state index contributed by atoms with van der Waals surface area (Å²) in [5.41, 5.74) is 0.413. The number of anilines is 1. The van der Waals surface area contributed by atoms with Gasteiger partial charge in [-0.25, -0.2) is 9.18 Å². The molecule has 0 radical (unpaired) electrons. The third kappa shape index (κ3) is 6.93. The Labute approximate surface area is 132 Å². The van der Waals surface area contributed by atoms with E-state index in [0.29, 0.717) is 13.1 Å². The number of alkyl carbamates (subject to hydrolysis) is 1. The fraction of sp³-hybridized carbons (Fsp3) is 0.500. The van der Waals surface area contributed by atoms with E-state index in [1.807, 2.05) is 20.8 Å². The van der Waals surface area contributed by atoms with E-state index in [1.165, 1.54) is 12.1 Å². The number of rotatable bonds is 5. The summed E-state index contributed by atoms with van der Waals surface area (Å²) in [6.45, 7) is 6.69. The van der Waals surface area contributed by atoms with Crippen LogP contribution in [-0.2, 0) is 4.74 Å². The number of carbonyl (C=O) groups excluding carboxylic acids is 1. The molecule has 0 aromatic heterocycles. The number of benzene rings is 1. The van der Waals surface area contributed by atoms with E-state index in [0.717, 1.165) is 15.7 Å². The molecule has 0 heterocycles. The van der Waals surface area contributed by atoms with Crippen LogP contribution in [0.2, 0.25) is 0 Å². The maximum atomic E-state index is 12.9. The van der Waals surface area contributed by atoms with Crippen LogP contribution in [0.3, 0.4) is 0 Å². The molecule has 1 aromatic carbocycles. The molecule has 2 N–H and O–H groups in total. The molecule has 0 bridgehead atoms. The van der Waals surface area contributed by atoms with Gasteiger partial charge in [0.25, 0.3) is 0 Å². The number of hydrogen-bond donors (Lipinski definition) is 2. The second-order valence-electron chi connectivity index (χ2n) is 5.33. The Morgan fingerprint density at radius 2 is 2.05 bits per heavy atom. The molecular formula is C14H20FIN2O2. The number of halogens is 2. The van der Waals surface area contributed by atoms with Crippen LogP contribution < -0.4 is 10.6 Å². The zero-order valence-corrected chi connectivity index (χ0v) is 14.1. The van der Waals surface area contributed by atoms with E-state index >= 15 is 0 Å². The summed E-state index contributed by atoms with van der Waals surface area (Å²) >= 11 is 2.08. The Hall–Kier alpha value is -1.05. The molecule has 0 fully saturated rings. The van der Waals surface area contributed by atoms with Crippen molar-refractivity contribution in [2.45, 2.75) is 32.8 Å². The van der Waals surface area contributed by atoms with Crippen molar-refractivity contribution in [3.8, 4) is 0 Å². The van der Waals surface area contributed by atoms with E-state index in [9.17, 15) is 9.18 Å². The first-order valence-electron chi connectivity index (χ1n) is 6.44. The monoisotopic (exact) mass is 394 g/mol. The van der Waals surface area contributed by atoms with Gasteiger partial charge in [0, 0.05) is 22.3 Å². The minimum absolute atomic E-state index is 0.244. The quantitative estimate of drug-likeness (QED) is 0.591. The molecule has 0 atom stereocenters. The zero-order chi connectivity index (χ0) is 15.2. The molecule has 4 nitrogen and oxygen atoms in total. The minimum Gasteiger partial charge on any atom is -0.444 e. The minimum atomic E-state index is -0.480. The van der Waals surface area contributed by atoms with Gasteiger partial charge in [0.1, 0.15) is 11.4 Å². The first-order valence-corrected chi connectivity index (χ1v) is 7.51. The van der Waals surface area contributed by atoms with Crippen LogP contribution in [0, 0.1) is 9.39 Å². The van der Waals surface area contributed by atoms with Crippen molar-refractivity contribution >= 4 is 34.4 Å². The molecule has 0 saturated carbocycles. The largest absolute Gasteiger partial charge is 0.444 e. The highest BCUT2D eigenvalue weighted by Crippen LogP contribution is 2.18. The maximum Gasteiger partial charge on any atom is 0.407 e. The van der Waals surface area contributed by atoms with Gasteiger partial charge >= 0.3 is 6.09 Å². The highest BCUT2D eigenvalue weighted by molar-refractivity contribution is 14.1. The Morgan fingerprint density at radius 1 is 1.35 bits per heavy atom. The molecule has 0 aliphatic rings. The standard InChI is InChI=1S/C14H20FIN2O2/c1-14(2,3)20-13(19)18-8-4-7-17-12-6-5-10(15)9-11(12)16/h5-6,9,17H,4,7-8H2,1-3H3,(H,18,19). The lowest BCUT2D eigenvalue weighted by atomic mass is 10.2. The van der Waals surface area contributed by atoms with Crippen molar-refractivity contribution in [3.05, 3.63) is 27.6 Å². The Morgan fingerprint density at radius 3 is 2.65 bits per heavy atom. The average Bonchev–Trinajstić information content (AvgIpc) is 2.28. The SMILES string of the molecule is CC(C)(C)OC(=O)NCCCNc1ccc(F)cc1I. The summed E-state index contributed by atoms with van der Waals surface area (Å²) in [5, 5.41) is 5.88. The van der Waals surface area contributed by atoms with Gasteiger partial charge in [-0.3, -0.25) is 0 Å². The van der Waals surface area contributed by atoms with Crippen molar-refractivity contribution in [2.75, 3.05) is 18.4 Å². The normalized spacial score (nSPS) is 11.1. The second-order valence-corrected chi connectivity index (χ2v) is 6.50. The summed E-state index contributed by atoms with van der Waals surface area (Å²) in [4.78, 5) is 11.4. The highest BCUT2D eigenvalue weighted by atomic mass is 127. The summed E-state index contributed by atoms with van der Waals surface area (Å²) in [6.07, 6.45) is 0.348. The van der Waals surface area contributed by atoms with Gasteiger partial charge < -0.3 is 15.4 Å². The van der Waals surface area contributed by atoms with E-state index in [1.54, 1.807) is 6.07 Å². The Bertz CT molecular complexity index is 461. The lowest BCUT2D eigenvalue weighted by Crippen LogP contribution is -2.33. The van der Waals surface area contributed by atoms with Crippen LogP contribution in [0.5, 0.6) is 0 Å². The lowest BCUT2D eigenvalue weighted by molar-refractivity contribution is 0.0528. The third-order valence-electron chi connectivity index (χ3n) is 2.27. The van der Waals surface area contributed by atoms with E-state index in [4.69, 9.17) is 4.74 Å². The van der Waals surface area contributed by atoms with E-state index in [2.05, 4.69) is 33.2 Å². The van der Waals surface area contributed by atoms with Crippen LogP contribution in [0.4, 0.5) is 14.9 Å². The molecule has 1 aromatic rings. The summed E-state index contributed by atoms with van der Waals surface area (Å²) in [7, 11) is 0. The third-order valence-corrected chi connectivity index (χ3v) is 3.16. The molecule has 0 aliphatic carbocycles. The summed E-state index contributed by atoms with van der Waals surface area (Å²) in [5.74, 6) is -0.244. The van der Waals surface area contributed by atoms with Crippen LogP contribution in [0.15, 0.2) is 18.2 Å². The number of hydrogen-bond acceptors (Lipinski definition) is 3. The first kappa shape index (κ1) is 17.0.